The smallest absolute Gasteiger partial charge is 0.414 e. The van der Waals surface area contributed by atoms with Crippen LogP contribution in [0.15, 0.2) is 48.5 Å². The van der Waals surface area contributed by atoms with E-state index in [4.69, 9.17) is 15.2 Å². The number of nitrogen functional groups attached to an aromatic ring is 1. The molecule has 9 heteroatoms. The van der Waals surface area contributed by atoms with Crippen molar-refractivity contribution in [3.63, 3.8) is 0 Å². The summed E-state index contributed by atoms with van der Waals surface area (Å²) in [5, 5.41) is 6.12. The van der Waals surface area contributed by atoms with Crippen LogP contribution >= 0.6 is 0 Å². The highest BCUT2D eigenvalue weighted by atomic mass is 16.6. The van der Waals surface area contributed by atoms with E-state index < -0.39 is 0 Å². The fraction of sp³-hybridized carbons (Fsp3) is 0.417. The first-order chi connectivity index (χ1) is 16.1. The highest BCUT2D eigenvalue weighted by Crippen LogP contribution is 2.23. The van der Waals surface area contributed by atoms with Gasteiger partial charge in [-0.05, 0) is 49.4 Å². The molecule has 33 heavy (non-hydrogen) atoms. The maximum absolute atomic E-state index is 13.0. The zero-order chi connectivity index (χ0) is 23.0. The van der Waals surface area contributed by atoms with E-state index in [9.17, 15) is 9.59 Å². The number of carbonyl (C=O) groups is 2. The number of amides is 2. The van der Waals surface area contributed by atoms with Crippen LogP contribution < -0.4 is 21.3 Å². The molecule has 2 aliphatic heterocycles. The largest absolute Gasteiger partial charge is 0.448 e. The van der Waals surface area contributed by atoms with Crippen LogP contribution in [-0.4, -0.2) is 75.5 Å². The standard InChI is InChI=1S/C24H31N5O4/c25-21-3-1-2-4-22(21)27-23(30)18-5-7-19(8-6-18)29(20-9-10-26-17-20)24(31)33-16-13-28-11-14-32-15-12-28/h1-8,20,26H,9-17,25H2,(H,27,30)/t20-/m0/s1. The van der Waals surface area contributed by atoms with Gasteiger partial charge in [-0.3, -0.25) is 14.6 Å². The second-order valence-corrected chi connectivity index (χ2v) is 8.17. The lowest BCUT2D eigenvalue weighted by Gasteiger charge is -2.29. The van der Waals surface area contributed by atoms with E-state index >= 15 is 0 Å². The molecule has 2 aliphatic rings. The van der Waals surface area contributed by atoms with Crippen molar-refractivity contribution >= 4 is 29.1 Å². The van der Waals surface area contributed by atoms with Crippen molar-refractivity contribution < 1.29 is 19.1 Å². The summed E-state index contributed by atoms with van der Waals surface area (Å²) in [5.41, 5.74) is 8.16. The van der Waals surface area contributed by atoms with Crippen LogP contribution in [0.2, 0.25) is 0 Å². The minimum absolute atomic E-state index is 0.00433. The molecule has 2 aromatic carbocycles. The molecule has 0 saturated carbocycles. The number of hydrogen-bond donors (Lipinski definition) is 3. The molecule has 2 aromatic rings. The van der Waals surface area contributed by atoms with Gasteiger partial charge in [-0.1, -0.05) is 12.1 Å². The van der Waals surface area contributed by atoms with Gasteiger partial charge in [-0.25, -0.2) is 4.79 Å². The Morgan fingerprint density at radius 3 is 2.61 bits per heavy atom. The van der Waals surface area contributed by atoms with Crippen LogP contribution in [0.5, 0.6) is 0 Å². The summed E-state index contributed by atoms with van der Waals surface area (Å²) in [5.74, 6) is -0.262. The molecule has 9 nitrogen and oxygen atoms in total. The van der Waals surface area contributed by atoms with Gasteiger partial charge < -0.3 is 25.8 Å². The number of anilines is 3. The van der Waals surface area contributed by atoms with Crippen molar-refractivity contribution in [3.8, 4) is 0 Å². The van der Waals surface area contributed by atoms with Crippen molar-refractivity contribution in [2.24, 2.45) is 0 Å². The number of nitrogens with two attached hydrogens (primary N) is 1. The zero-order valence-corrected chi connectivity index (χ0v) is 18.7. The predicted octanol–water partition coefficient (Wildman–Crippen LogP) is 2.16. The number of nitrogens with zero attached hydrogens (tertiary/aromatic N) is 2. The van der Waals surface area contributed by atoms with Crippen molar-refractivity contribution in [2.45, 2.75) is 12.5 Å². The maximum atomic E-state index is 13.0. The molecule has 0 bridgehead atoms. The first kappa shape index (κ1) is 23.0. The van der Waals surface area contributed by atoms with Gasteiger partial charge >= 0.3 is 6.09 Å². The van der Waals surface area contributed by atoms with Gasteiger partial charge in [-0.15, -0.1) is 0 Å². The summed E-state index contributed by atoms with van der Waals surface area (Å²) >= 11 is 0. The number of para-hydroxylation sites is 2. The first-order valence-electron chi connectivity index (χ1n) is 11.3. The second kappa shape index (κ2) is 11.1. The zero-order valence-electron chi connectivity index (χ0n) is 18.7. The Hall–Kier alpha value is -3.14. The summed E-state index contributed by atoms with van der Waals surface area (Å²) in [4.78, 5) is 29.6. The lowest BCUT2D eigenvalue weighted by molar-refractivity contribution is 0.0285. The first-order valence-corrected chi connectivity index (χ1v) is 11.3. The molecule has 0 spiro atoms. The second-order valence-electron chi connectivity index (χ2n) is 8.17. The van der Waals surface area contributed by atoms with Crippen LogP contribution in [0.4, 0.5) is 21.9 Å². The molecule has 0 unspecified atom stereocenters. The monoisotopic (exact) mass is 453 g/mol. The van der Waals surface area contributed by atoms with Gasteiger partial charge in [0.05, 0.1) is 30.6 Å². The lowest BCUT2D eigenvalue weighted by atomic mass is 10.1. The third-order valence-electron chi connectivity index (χ3n) is 5.95. The quantitative estimate of drug-likeness (QED) is 0.551. The highest BCUT2D eigenvalue weighted by molar-refractivity contribution is 6.06. The summed E-state index contributed by atoms with van der Waals surface area (Å²) in [7, 11) is 0. The third-order valence-corrected chi connectivity index (χ3v) is 5.95. The SMILES string of the molecule is Nc1ccccc1NC(=O)c1ccc(N(C(=O)OCCN2CCOCC2)[C@H]2CCNC2)cc1. The Balaban J connectivity index is 1.40. The van der Waals surface area contributed by atoms with Crippen molar-refractivity contribution in [1.29, 1.82) is 0 Å². The van der Waals surface area contributed by atoms with E-state index in [0.29, 0.717) is 55.5 Å². The number of benzene rings is 2. The predicted molar refractivity (Wildman–Crippen MR) is 128 cm³/mol. The molecule has 176 valence electrons. The topological polar surface area (TPSA) is 109 Å². The van der Waals surface area contributed by atoms with Gasteiger partial charge in [0, 0.05) is 37.4 Å². The fourth-order valence-corrected chi connectivity index (χ4v) is 4.06. The summed E-state index contributed by atoms with van der Waals surface area (Å²) < 4.78 is 11.0. The Morgan fingerprint density at radius 1 is 1.15 bits per heavy atom. The minimum Gasteiger partial charge on any atom is -0.448 e. The summed E-state index contributed by atoms with van der Waals surface area (Å²) in [6.07, 6.45) is 0.472. The molecular formula is C24H31N5O4. The van der Waals surface area contributed by atoms with Crippen molar-refractivity contribution in [3.05, 3.63) is 54.1 Å². The molecule has 2 saturated heterocycles. The molecule has 4 N–H and O–H groups in total. The van der Waals surface area contributed by atoms with Crippen LogP contribution in [0.25, 0.3) is 0 Å². The Labute approximate surface area is 193 Å². The Morgan fingerprint density at radius 2 is 1.91 bits per heavy atom. The Kier molecular flexibility index (Phi) is 7.77. The molecule has 0 aliphatic carbocycles. The molecule has 1 atom stereocenters. The summed E-state index contributed by atoms with van der Waals surface area (Å²) in [6.45, 7) is 5.70. The van der Waals surface area contributed by atoms with Gasteiger partial charge in [0.2, 0.25) is 0 Å². The van der Waals surface area contributed by atoms with Crippen molar-refractivity contribution in [2.75, 3.05) is 68.5 Å². The van der Waals surface area contributed by atoms with Gasteiger partial charge in [-0.2, -0.15) is 0 Å². The molecule has 0 aromatic heterocycles. The maximum Gasteiger partial charge on any atom is 0.414 e. The number of nitrogens with one attached hydrogen (secondary N) is 2. The normalized spacial score (nSPS) is 18.6. The average molecular weight is 454 g/mol. The number of carbonyl (C=O) groups excluding carboxylic acids is 2. The van der Waals surface area contributed by atoms with E-state index in [1.54, 1.807) is 41.3 Å². The fourth-order valence-electron chi connectivity index (χ4n) is 4.06. The minimum atomic E-state index is -0.369. The van der Waals surface area contributed by atoms with E-state index in [2.05, 4.69) is 15.5 Å². The molecule has 0 radical (unpaired) electrons. The van der Waals surface area contributed by atoms with E-state index in [-0.39, 0.29) is 18.0 Å². The van der Waals surface area contributed by atoms with E-state index in [1.807, 2.05) is 12.1 Å². The number of rotatable bonds is 7. The van der Waals surface area contributed by atoms with Crippen LogP contribution in [0.3, 0.4) is 0 Å². The number of morpholine rings is 1. The Bertz CT molecular complexity index is 940. The van der Waals surface area contributed by atoms with E-state index in [0.717, 1.165) is 26.1 Å². The molecule has 2 amide bonds. The highest BCUT2D eigenvalue weighted by Gasteiger charge is 2.29. The van der Waals surface area contributed by atoms with E-state index in [1.165, 1.54) is 0 Å². The van der Waals surface area contributed by atoms with Gasteiger partial charge in [0.15, 0.2) is 0 Å². The molecule has 4 rings (SSSR count). The van der Waals surface area contributed by atoms with Crippen LogP contribution in [-0.2, 0) is 9.47 Å². The van der Waals surface area contributed by atoms with Crippen LogP contribution in [0, 0.1) is 0 Å². The lowest BCUT2D eigenvalue weighted by Crippen LogP contribution is -2.43. The average Bonchev–Trinajstić information content (AvgIpc) is 3.36. The summed E-state index contributed by atoms with van der Waals surface area (Å²) in [6, 6.07) is 14.1. The van der Waals surface area contributed by atoms with Crippen molar-refractivity contribution in [1.82, 2.24) is 10.2 Å². The van der Waals surface area contributed by atoms with Crippen LogP contribution in [0.1, 0.15) is 16.8 Å². The molecular weight excluding hydrogens is 422 g/mol. The molecule has 2 fully saturated rings. The number of hydrogen-bond acceptors (Lipinski definition) is 7. The van der Waals surface area contributed by atoms with Gasteiger partial charge in [0.25, 0.3) is 5.91 Å². The molecule has 2 heterocycles. The number of ether oxygens (including phenoxy) is 2. The van der Waals surface area contributed by atoms with Gasteiger partial charge in [0.1, 0.15) is 6.61 Å². The third kappa shape index (κ3) is 6.01.